The van der Waals surface area contributed by atoms with Gasteiger partial charge in [-0.2, -0.15) is 0 Å². The van der Waals surface area contributed by atoms with Crippen molar-refractivity contribution in [1.82, 2.24) is 9.80 Å². The first kappa shape index (κ1) is 18.9. The summed E-state index contributed by atoms with van der Waals surface area (Å²) in [5.41, 5.74) is 0.546. The maximum Gasteiger partial charge on any atom is 0.245 e. The van der Waals surface area contributed by atoms with Gasteiger partial charge in [0.1, 0.15) is 6.04 Å². The van der Waals surface area contributed by atoms with Gasteiger partial charge in [-0.05, 0) is 37.1 Å². The van der Waals surface area contributed by atoms with Gasteiger partial charge >= 0.3 is 0 Å². The number of carbonyl (C=O) groups is 3. The van der Waals surface area contributed by atoms with E-state index in [1.807, 2.05) is 0 Å². The number of amides is 2. The zero-order chi connectivity index (χ0) is 18.5. The summed E-state index contributed by atoms with van der Waals surface area (Å²) in [5.74, 6) is -0.218. The van der Waals surface area contributed by atoms with E-state index < -0.39 is 6.04 Å². The lowest BCUT2D eigenvalue weighted by atomic mass is 10.1. The van der Waals surface area contributed by atoms with Crippen LogP contribution in [0.15, 0.2) is 24.3 Å². The summed E-state index contributed by atoms with van der Waals surface area (Å²) in [6, 6.07) is 6.25. The second-order valence-corrected chi connectivity index (χ2v) is 7.05. The molecule has 1 atom stereocenters. The molecule has 2 aliphatic rings. The van der Waals surface area contributed by atoms with E-state index in [9.17, 15) is 14.4 Å². The highest BCUT2D eigenvalue weighted by Crippen LogP contribution is 2.22. The third-order valence-corrected chi connectivity index (χ3v) is 5.17. The number of nitrogens with zero attached hydrogens (tertiary/aromatic N) is 2. The molecule has 0 bridgehead atoms. The molecule has 0 saturated carbocycles. The Morgan fingerprint density at radius 3 is 2.42 bits per heavy atom. The molecule has 0 aromatic heterocycles. The van der Waals surface area contributed by atoms with E-state index in [0.717, 1.165) is 6.42 Å². The minimum Gasteiger partial charge on any atom is -0.378 e. The highest BCUT2D eigenvalue weighted by Gasteiger charge is 2.36. The van der Waals surface area contributed by atoms with Crippen LogP contribution in [0.2, 0.25) is 5.02 Å². The summed E-state index contributed by atoms with van der Waals surface area (Å²) in [7, 11) is 0. The summed E-state index contributed by atoms with van der Waals surface area (Å²) in [6.45, 7) is 2.82. The summed E-state index contributed by atoms with van der Waals surface area (Å²) < 4.78 is 5.28. The number of morpholine rings is 1. The first-order valence-electron chi connectivity index (χ1n) is 9.01. The van der Waals surface area contributed by atoms with Gasteiger partial charge in [-0.15, -0.1) is 0 Å². The van der Waals surface area contributed by atoms with E-state index in [-0.39, 0.29) is 30.4 Å². The van der Waals surface area contributed by atoms with Gasteiger partial charge in [0, 0.05) is 43.1 Å². The molecule has 1 aromatic carbocycles. The molecular weight excluding hydrogens is 356 g/mol. The first-order valence-corrected chi connectivity index (χ1v) is 9.39. The molecule has 0 N–H and O–H groups in total. The second kappa shape index (κ2) is 8.64. The molecule has 0 spiro atoms. The number of Topliss-reactive ketones (excluding diaryl/α,β-unsaturated/α-hetero) is 1. The Kier molecular flexibility index (Phi) is 6.27. The van der Waals surface area contributed by atoms with Crippen molar-refractivity contribution in [1.29, 1.82) is 0 Å². The average Bonchev–Trinajstić information content (AvgIpc) is 3.16. The van der Waals surface area contributed by atoms with Crippen molar-refractivity contribution < 1.29 is 19.1 Å². The third kappa shape index (κ3) is 4.43. The predicted molar refractivity (Wildman–Crippen MR) is 97.2 cm³/mol. The summed E-state index contributed by atoms with van der Waals surface area (Å²) in [6.07, 6.45) is 1.76. The lowest BCUT2D eigenvalue weighted by Gasteiger charge is -2.32. The standard InChI is InChI=1S/C19H23ClN2O4/c20-15-5-3-14(4-6-15)17(23)7-8-18(24)22-9-1-2-16(22)19(25)21-10-12-26-13-11-21/h3-6,16H,1-2,7-13H2/t16-/m0/s1. The van der Waals surface area contributed by atoms with Crippen LogP contribution in [0.5, 0.6) is 0 Å². The van der Waals surface area contributed by atoms with Crippen molar-refractivity contribution in [3.8, 4) is 0 Å². The number of halogens is 1. The zero-order valence-corrected chi connectivity index (χ0v) is 15.4. The molecule has 0 aliphatic carbocycles. The minimum atomic E-state index is -0.397. The fourth-order valence-corrected chi connectivity index (χ4v) is 3.59. The Balaban J connectivity index is 1.55. The molecule has 140 valence electrons. The third-order valence-electron chi connectivity index (χ3n) is 4.91. The number of carbonyl (C=O) groups excluding carboxylic acids is 3. The van der Waals surface area contributed by atoms with Gasteiger partial charge < -0.3 is 14.5 Å². The van der Waals surface area contributed by atoms with E-state index in [4.69, 9.17) is 16.3 Å². The van der Waals surface area contributed by atoms with E-state index in [0.29, 0.717) is 49.9 Å². The molecule has 1 aromatic rings. The number of ether oxygens (including phenoxy) is 1. The summed E-state index contributed by atoms with van der Waals surface area (Å²) in [5, 5.41) is 0.569. The van der Waals surface area contributed by atoms with Gasteiger partial charge in [-0.25, -0.2) is 0 Å². The van der Waals surface area contributed by atoms with Crippen molar-refractivity contribution in [3.05, 3.63) is 34.9 Å². The summed E-state index contributed by atoms with van der Waals surface area (Å²) in [4.78, 5) is 41.0. The smallest absolute Gasteiger partial charge is 0.245 e. The average molecular weight is 379 g/mol. The number of ketones is 1. The number of likely N-dealkylation sites (tertiary alicyclic amines) is 1. The Bertz CT molecular complexity index is 671. The SMILES string of the molecule is O=C(CCC(=O)N1CCC[C@H]1C(=O)N1CCOCC1)c1ccc(Cl)cc1. The van der Waals surface area contributed by atoms with Crippen LogP contribution >= 0.6 is 11.6 Å². The van der Waals surface area contributed by atoms with Gasteiger partial charge in [0.15, 0.2) is 5.78 Å². The molecule has 26 heavy (non-hydrogen) atoms. The van der Waals surface area contributed by atoms with Gasteiger partial charge in [0.05, 0.1) is 13.2 Å². The molecular formula is C19H23ClN2O4. The number of hydrogen-bond acceptors (Lipinski definition) is 4. The van der Waals surface area contributed by atoms with E-state index >= 15 is 0 Å². The maximum absolute atomic E-state index is 12.7. The van der Waals surface area contributed by atoms with Crippen LogP contribution in [0.4, 0.5) is 0 Å². The van der Waals surface area contributed by atoms with Crippen molar-refractivity contribution in [2.24, 2.45) is 0 Å². The Hall–Kier alpha value is -1.92. The van der Waals surface area contributed by atoms with Crippen LogP contribution in [-0.4, -0.2) is 66.3 Å². The Morgan fingerprint density at radius 2 is 1.73 bits per heavy atom. The van der Waals surface area contributed by atoms with Gasteiger partial charge in [0.2, 0.25) is 11.8 Å². The molecule has 3 rings (SSSR count). The van der Waals surface area contributed by atoms with Crippen LogP contribution in [0.25, 0.3) is 0 Å². The second-order valence-electron chi connectivity index (χ2n) is 6.61. The predicted octanol–water partition coefficient (Wildman–Crippen LogP) is 2.15. The molecule has 0 radical (unpaired) electrons. The molecule has 6 nitrogen and oxygen atoms in total. The lowest BCUT2D eigenvalue weighted by Crippen LogP contribution is -2.51. The normalized spacial score (nSPS) is 20.3. The van der Waals surface area contributed by atoms with Gasteiger partial charge in [0.25, 0.3) is 0 Å². The fraction of sp³-hybridized carbons (Fsp3) is 0.526. The molecule has 2 amide bonds. The highest BCUT2D eigenvalue weighted by atomic mass is 35.5. The van der Waals surface area contributed by atoms with Gasteiger partial charge in [-0.3, -0.25) is 14.4 Å². The molecule has 2 fully saturated rings. The molecule has 2 heterocycles. The van der Waals surface area contributed by atoms with Crippen molar-refractivity contribution >= 4 is 29.2 Å². The van der Waals surface area contributed by atoms with Crippen molar-refractivity contribution in [3.63, 3.8) is 0 Å². The van der Waals surface area contributed by atoms with Crippen molar-refractivity contribution in [2.45, 2.75) is 31.7 Å². The van der Waals surface area contributed by atoms with Crippen LogP contribution < -0.4 is 0 Å². The van der Waals surface area contributed by atoms with E-state index in [1.165, 1.54) is 0 Å². The Labute approximate surface area is 158 Å². The minimum absolute atomic E-state index is 0.00294. The zero-order valence-electron chi connectivity index (χ0n) is 14.7. The summed E-state index contributed by atoms with van der Waals surface area (Å²) >= 11 is 5.82. The maximum atomic E-state index is 12.7. The fourth-order valence-electron chi connectivity index (χ4n) is 3.46. The largest absolute Gasteiger partial charge is 0.378 e. The molecule has 2 aliphatic heterocycles. The quantitative estimate of drug-likeness (QED) is 0.736. The monoisotopic (exact) mass is 378 g/mol. The molecule has 2 saturated heterocycles. The molecule has 0 unspecified atom stereocenters. The van der Waals surface area contributed by atoms with E-state index in [1.54, 1.807) is 34.1 Å². The molecule has 7 heteroatoms. The van der Waals surface area contributed by atoms with Crippen molar-refractivity contribution in [2.75, 3.05) is 32.8 Å². The van der Waals surface area contributed by atoms with Crippen LogP contribution in [0.1, 0.15) is 36.0 Å². The lowest BCUT2D eigenvalue weighted by molar-refractivity contribution is -0.146. The van der Waals surface area contributed by atoms with Crippen LogP contribution in [-0.2, 0) is 14.3 Å². The number of benzene rings is 1. The van der Waals surface area contributed by atoms with Gasteiger partial charge in [-0.1, -0.05) is 11.6 Å². The Morgan fingerprint density at radius 1 is 1.04 bits per heavy atom. The highest BCUT2D eigenvalue weighted by molar-refractivity contribution is 6.30. The van der Waals surface area contributed by atoms with Crippen LogP contribution in [0, 0.1) is 0 Å². The number of hydrogen-bond donors (Lipinski definition) is 0. The topological polar surface area (TPSA) is 66.9 Å². The van der Waals surface area contributed by atoms with E-state index in [2.05, 4.69) is 0 Å². The number of rotatable bonds is 5. The first-order chi connectivity index (χ1) is 12.6. The van der Waals surface area contributed by atoms with Crippen LogP contribution in [0.3, 0.4) is 0 Å².